The number of rotatable bonds is 5. The predicted molar refractivity (Wildman–Crippen MR) is 90.1 cm³/mol. The minimum Gasteiger partial charge on any atom is -0.393 e. The first-order chi connectivity index (χ1) is 10.1. The van der Waals surface area contributed by atoms with E-state index in [2.05, 4.69) is 6.92 Å². The summed E-state index contributed by atoms with van der Waals surface area (Å²) in [5.74, 6) is -0.271. The minimum atomic E-state index is -0.380. The molecule has 2 N–H and O–H groups in total. The molecule has 4 heteroatoms. The van der Waals surface area contributed by atoms with Crippen molar-refractivity contribution in [1.82, 2.24) is 4.90 Å². The first-order valence-electron chi connectivity index (χ1n) is 7.77. The molecule has 1 heterocycles. The lowest BCUT2D eigenvalue weighted by Gasteiger charge is -2.37. The second-order valence-corrected chi connectivity index (χ2v) is 6.21. The topological polar surface area (TPSA) is 46.3 Å². The molecule has 0 aliphatic carbocycles. The van der Waals surface area contributed by atoms with Crippen molar-refractivity contribution in [3.8, 4) is 0 Å². The van der Waals surface area contributed by atoms with Crippen molar-refractivity contribution in [2.75, 3.05) is 6.54 Å². The van der Waals surface area contributed by atoms with Crippen LogP contribution in [0, 0.1) is 5.92 Å². The molecule has 1 aromatic rings. The molecule has 0 aromatic heterocycles. The van der Waals surface area contributed by atoms with Crippen molar-refractivity contribution < 1.29 is 4.79 Å². The normalized spacial score (nSPS) is 20.0. The van der Waals surface area contributed by atoms with E-state index in [1.807, 2.05) is 35.2 Å². The summed E-state index contributed by atoms with van der Waals surface area (Å²) in [7, 11) is 0. The number of hydrogen-bond acceptors (Lipinski definition) is 2. The molecule has 3 nitrogen and oxygen atoms in total. The highest BCUT2D eigenvalue weighted by Gasteiger charge is 2.32. The third-order valence-corrected chi connectivity index (χ3v) is 4.59. The van der Waals surface area contributed by atoms with E-state index < -0.39 is 0 Å². The molecule has 114 valence electrons. The Morgan fingerprint density at radius 3 is 2.71 bits per heavy atom. The second-order valence-electron chi connectivity index (χ2n) is 5.73. The zero-order valence-electron chi connectivity index (χ0n) is 12.6. The van der Waals surface area contributed by atoms with Gasteiger partial charge in [0, 0.05) is 12.6 Å². The molecule has 1 saturated heterocycles. The number of nitrogens with two attached hydrogens (primary N) is 1. The van der Waals surface area contributed by atoms with Crippen molar-refractivity contribution in [3.63, 3.8) is 0 Å². The zero-order valence-corrected chi connectivity index (χ0v) is 13.4. The molecule has 1 aliphatic rings. The van der Waals surface area contributed by atoms with E-state index in [-0.39, 0.29) is 11.8 Å². The molecule has 0 radical (unpaired) electrons. The lowest BCUT2D eigenvalue weighted by Crippen LogP contribution is -2.49. The highest BCUT2D eigenvalue weighted by Crippen LogP contribution is 2.23. The number of likely N-dealkylation sites (tertiary alicyclic amines) is 1. The molecule has 1 aliphatic heterocycles. The van der Waals surface area contributed by atoms with E-state index >= 15 is 0 Å². The van der Waals surface area contributed by atoms with Crippen LogP contribution in [0.2, 0.25) is 0 Å². The first kappa shape index (κ1) is 16.0. The SMILES string of the molecule is CCC1CCCCN1C(=O)C(Cc1ccccc1)C(N)=S. The van der Waals surface area contributed by atoms with Crippen LogP contribution >= 0.6 is 12.2 Å². The van der Waals surface area contributed by atoms with Gasteiger partial charge in [-0.15, -0.1) is 0 Å². The number of piperidine rings is 1. The van der Waals surface area contributed by atoms with E-state index in [9.17, 15) is 4.79 Å². The van der Waals surface area contributed by atoms with Crippen LogP contribution in [-0.2, 0) is 11.2 Å². The molecule has 2 rings (SSSR count). The maximum Gasteiger partial charge on any atom is 0.233 e. The highest BCUT2D eigenvalue weighted by atomic mass is 32.1. The Balaban J connectivity index is 2.13. The van der Waals surface area contributed by atoms with Crippen LogP contribution < -0.4 is 5.73 Å². The molecular weight excluding hydrogens is 280 g/mol. The Bertz CT molecular complexity index is 489. The number of hydrogen-bond donors (Lipinski definition) is 1. The molecule has 21 heavy (non-hydrogen) atoms. The summed E-state index contributed by atoms with van der Waals surface area (Å²) in [6.45, 7) is 2.98. The molecule has 0 spiro atoms. The monoisotopic (exact) mass is 304 g/mol. The first-order valence-corrected chi connectivity index (χ1v) is 8.18. The number of thiocarbonyl (C=S) groups is 1. The van der Waals surface area contributed by atoms with Gasteiger partial charge in [-0.3, -0.25) is 4.79 Å². The Hall–Kier alpha value is -1.42. The summed E-state index contributed by atoms with van der Waals surface area (Å²) in [5.41, 5.74) is 6.97. The summed E-state index contributed by atoms with van der Waals surface area (Å²) >= 11 is 5.17. The van der Waals surface area contributed by atoms with Crippen molar-refractivity contribution in [3.05, 3.63) is 35.9 Å². The number of carbonyl (C=O) groups excluding carboxylic acids is 1. The van der Waals surface area contributed by atoms with Crippen LogP contribution in [0.1, 0.15) is 38.2 Å². The van der Waals surface area contributed by atoms with Gasteiger partial charge in [-0.05, 0) is 37.7 Å². The molecule has 2 atom stereocenters. The molecule has 0 saturated carbocycles. The fourth-order valence-electron chi connectivity index (χ4n) is 3.07. The summed E-state index contributed by atoms with van der Waals surface area (Å²) in [4.78, 5) is 15.2. The maximum absolute atomic E-state index is 12.9. The van der Waals surface area contributed by atoms with Crippen molar-refractivity contribution in [2.45, 2.75) is 45.1 Å². The molecule has 1 amide bonds. The number of carbonyl (C=O) groups is 1. The summed E-state index contributed by atoms with van der Waals surface area (Å²) in [6, 6.07) is 10.3. The Morgan fingerprint density at radius 2 is 2.10 bits per heavy atom. The van der Waals surface area contributed by atoms with E-state index in [1.165, 1.54) is 6.42 Å². The average molecular weight is 304 g/mol. The van der Waals surface area contributed by atoms with Crippen LogP contribution in [-0.4, -0.2) is 28.4 Å². The van der Waals surface area contributed by atoms with Crippen LogP contribution in [0.3, 0.4) is 0 Å². The Kier molecular flexibility index (Phi) is 5.74. The van der Waals surface area contributed by atoms with Crippen molar-refractivity contribution in [2.24, 2.45) is 11.7 Å². The van der Waals surface area contributed by atoms with Crippen LogP contribution in [0.5, 0.6) is 0 Å². The lowest BCUT2D eigenvalue weighted by atomic mass is 9.93. The van der Waals surface area contributed by atoms with Gasteiger partial charge in [0.2, 0.25) is 5.91 Å². The smallest absolute Gasteiger partial charge is 0.233 e. The van der Waals surface area contributed by atoms with Gasteiger partial charge >= 0.3 is 0 Å². The molecule has 1 fully saturated rings. The summed E-state index contributed by atoms with van der Waals surface area (Å²) in [6.07, 6.45) is 4.98. The third kappa shape index (κ3) is 4.03. The summed E-state index contributed by atoms with van der Waals surface area (Å²) in [5, 5.41) is 0. The van der Waals surface area contributed by atoms with Crippen LogP contribution in [0.4, 0.5) is 0 Å². The highest BCUT2D eigenvalue weighted by molar-refractivity contribution is 7.80. The Morgan fingerprint density at radius 1 is 1.38 bits per heavy atom. The molecule has 2 unspecified atom stereocenters. The van der Waals surface area contributed by atoms with Gasteiger partial charge in [-0.25, -0.2) is 0 Å². The van der Waals surface area contributed by atoms with Crippen molar-refractivity contribution in [1.29, 1.82) is 0 Å². The van der Waals surface area contributed by atoms with E-state index in [0.717, 1.165) is 31.4 Å². The molecule has 1 aromatic carbocycles. The maximum atomic E-state index is 12.9. The van der Waals surface area contributed by atoms with Crippen LogP contribution in [0.15, 0.2) is 30.3 Å². The Labute approximate surface area is 132 Å². The lowest BCUT2D eigenvalue weighted by molar-refractivity contribution is -0.137. The largest absolute Gasteiger partial charge is 0.393 e. The van der Waals surface area contributed by atoms with Gasteiger partial charge in [0.1, 0.15) is 0 Å². The summed E-state index contributed by atoms with van der Waals surface area (Å²) < 4.78 is 0. The predicted octanol–water partition coefficient (Wildman–Crippen LogP) is 2.92. The number of benzene rings is 1. The van der Waals surface area contributed by atoms with Crippen molar-refractivity contribution >= 4 is 23.1 Å². The quantitative estimate of drug-likeness (QED) is 0.851. The number of nitrogens with zero attached hydrogens (tertiary/aromatic N) is 1. The second kappa shape index (κ2) is 7.55. The van der Waals surface area contributed by atoms with E-state index in [0.29, 0.717) is 17.5 Å². The number of amides is 1. The fraction of sp³-hybridized carbons (Fsp3) is 0.529. The van der Waals surface area contributed by atoms with Gasteiger partial charge < -0.3 is 10.6 Å². The van der Waals surface area contributed by atoms with Gasteiger partial charge in [-0.1, -0.05) is 49.5 Å². The van der Waals surface area contributed by atoms with E-state index in [1.54, 1.807) is 0 Å². The van der Waals surface area contributed by atoms with Gasteiger partial charge in [0.15, 0.2) is 0 Å². The van der Waals surface area contributed by atoms with Gasteiger partial charge in [0.25, 0.3) is 0 Å². The van der Waals surface area contributed by atoms with Gasteiger partial charge in [-0.2, -0.15) is 0 Å². The average Bonchev–Trinajstić information content (AvgIpc) is 2.52. The van der Waals surface area contributed by atoms with E-state index in [4.69, 9.17) is 18.0 Å². The van der Waals surface area contributed by atoms with Crippen LogP contribution in [0.25, 0.3) is 0 Å². The molecular formula is C17H24N2OS. The van der Waals surface area contributed by atoms with Gasteiger partial charge in [0.05, 0.1) is 10.9 Å². The minimum absolute atomic E-state index is 0.109. The standard InChI is InChI=1S/C17H24N2OS/c1-2-14-10-6-7-11-19(14)17(20)15(16(18)21)12-13-8-4-3-5-9-13/h3-5,8-9,14-15H,2,6-7,10-12H2,1H3,(H2,18,21). The zero-order chi connectivity index (χ0) is 15.2. The third-order valence-electron chi connectivity index (χ3n) is 4.31. The fourth-order valence-corrected chi connectivity index (χ4v) is 3.26. The molecule has 0 bridgehead atoms.